The number of benzene rings is 3. The molecule has 2 N–H and O–H groups in total. The van der Waals surface area contributed by atoms with Crippen LogP contribution in [0.3, 0.4) is 0 Å². The first-order valence-electron chi connectivity index (χ1n) is 14.8. The lowest BCUT2D eigenvalue weighted by Gasteiger charge is -2.36. The zero-order valence-corrected chi connectivity index (χ0v) is 25.3. The topological polar surface area (TPSA) is 55.6 Å². The summed E-state index contributed by atoms with van der Waals surface area (Å²) in [6.45, 7) is 6.10. The Hall–Kier alpha value is -2.50. The zero-order valence-electron chi connectivity index (χ0n) is 24.6. The van der Waals surface area contributed by atoms with Crippen LogP contribution in [0.15, 0.2) is 66.7 Å². The fraction of sp³-hybridized carbons (Fsp3) is 0.457. The van der Waals surface area contributed by atoms with Gasteiger partial charge >= 0.3 is 0 Å². The van der Waals surface area contributed by atoms with E-state index in [9.17, 15) is 4.79 Å². The van der Waals surface area contributed by atoms with Gasteiger partial charge in [-0.05, 0) is 98.8 Å². The van der Waals surface area contributed by atoms with Gasteiger partial charge in [-0.15, -0.1) is 0 Å². The van der Waals surface area contributed by atoms with E-state index >= 15 is 0 Å². The highest BCUT2D eigenvalue weighted by atomic mass is 35.5. The minimum Gasteiger partial charge on any atom is -0.385 e. The van der Waals surface area contributed by atoms with Crippen LogP contribution in [0, 0.1) is 5.92 Å². The largest absolute Gasteiger partial charge is 0.385 e. The lowest BCUT2D eigenvalue weighted by Crippen LogP contribution is -2.35. The molecule has 0 amide bonds. The molecule has 0 aromatic heterocycles. The van der Waals surface area contributed by atoms with Gasteiger partial charge in [-0.2, -0.15) is 0 Å². The third-order valence-electron chi connectivity index (χ3n) is 7.96. The van der Waals surface area contributed by atoms with E-state index < -0.39 is 0 Å². The van der Waals surface area contributed by atoms with E-state index in [2.05, 4.69) is 55.3 Å². The van der Waals surface area contributed by atoms with Gasteiger partial charge in [0.15, 0.2) is 0 Å². The van der Waals surface area contributed by atoms with Crippen LogP contribution in [0.1, 0.15) is 72.0 Å². The molecule has 2 atom stereocenters. The van der Waals surface area contributed by atoms with Gasteiger partial charge in [0.05, 0.1) is 0 Å². The molecule has 1 fully saturated rings. The number of likely N-dealkylation sites (tertiary alicyclic amines) is 1. The van der Waals surface area contributed by atoms with Crippen LogP contribution in [0.25, 0.3) is 11.1 Å². The number of halogens is 1. The molecule has 0 saturated carbocycles. The molecule has 4 nitrogen and oxygen atoms in total. The Bertz CT molecular complexity index is 1160. The number of carbonyl (C=O) groups excluding carboxylic acids is 1. The maximum absolute atomic E-state index is 10.3. The highest BCUT2D eigenvalue weighted by Gasteiger charge is 2.29. The van der Waals surface area contributed by atoms with E-state index in [1.807, 2.05) is 18.2 Å². The van der Waals surface area contributed by atoms with Crippen LogP contribution in [0.5, 0.6) is 0 Å². The van der Waals surface area contributed by atoms with Crippen LogP contribution < -0.4 is 5.73 Å². The first-order valence-corrected chi connectivity index (χ1v) is 15.2. The molecule has 1 aliphatic heterocycles. The molecule has 3 aromatic carbocycles. The van der Waals surface area contributed by atoms with Crippen molar-refractivity contribution in [2.45, 2.75) is 57.8 Å². The second-order valence-electron chi connectivity index (χ2n) is 10.9. The number of hydrogen-bond donors (Lipinski definition) is 1. The van der Waals surface area contributed by atoms with Gasteiger partial charge in [0, 0.05) is 36.4 Å². The van der Waals surface area contributed by atoms with Gasteiger partial charge in [0.1, 0.15) is 6.29 Å². The van der Waals surface area contributed by atoms with Crippen molar-refractivity contribution in [3.63, 3.8) is 0 Å². The molecule has 3 aromatic rings. The Labute approximate surface area is 246 Å². The quantitative estimate of drug-likeness (QED) is 0.181. The summed E-state index contributed by atoms with van der Waals surface area (Å²) in [4.78, 5) is 12.7. The van der Waals surface area contributed by atoms with E-state index in [0.29, 0.717) is 23.9 Å². The predicted molar refractivity (Wildman–Crippen MR) is 170 cm³/mol. The second-order valence-corrected chi connectivity index (χ2v) is 11.3. The molecule has 2 unspecified atom stereocenters. The summed E-state index contributed by atoms with van der Waals surface area (Å²) in [5.74, 6) is 1.22. The second kappa shape index (κ2) is 17.3. The van der Waals surface area contributed by atoms with Crippen molar-refractivity contribution >= 4 is 17.9 Å². The number of rotatable bonds is 12. The van der Waals surface area contributed by atoms with Crippen molar-refractivity contribution in [1.29, 1.82) is 0 Å². The first-order chi connectivity index (χ1) is 19.5. The van der Waals surface area contributed by atoms with Gasteiger partial charge in [-0.3, -0.25) is 4.79 Å². The summed E-state index contributed by atoms with van der Waals surface area (Å²) < 4.78 is 5.30. The molecule has 5 heteroatoms. The van der Waals surface area contributed by atoms with E-state index in [-0.39, 0.29) is 0 Å². The Morgan fingerprint density at radius 3 is 2.52 bits per heavy atom. The molecule has 4 rings (SSSR count). The summed E-state index contributed by atoms with van der Waals surface area (Å²) >= 11 is 6.82. The van der Waals surface area contributed by atoms with Crippen molar-refractivity contribution in [1.82, 2.24) is 4.90 Å². The summed E-state index contributed by atoms with van der Waals surface area (Å²) in [5.41, 5.74) is 12.6. The molecule has 1 aliphatic rings. The standard InChI is InChI=1S/C26H36ClNO.C9H11NO/c1-4-20-10-7-11-21(18-20)26-24(14-8-15-25(26)27)23(13-5-6-17-29-3)22-12-9-16-28(2)19-22;10-6-5-8-1-3-9(7-11)4-2-8/h7-8,10-11,14-15,18,22-23H,4-6,9,12-13,16-17,19H2,1-3H3;1-4,7H,5-6,10H2. The average Bonchev–Trinajstić information content (AvgIpc) is 2.98. The Morgan fingerprint density at radius 2 is 1.85 bits per heavy atom. The average molecular weight is 563 g/mol. The van der Waals surface area contributed by atoms with Crippen molar-refractivity contribution < 1.29 is 9.53 Å². The first kappa shape index (κ1) is 32.0. The molecule has 0 spiro atoms. The van der Waals surface area contributed by atoms with Gasteiger partial charge in [-0.1, -0.05) is 85.6 Å². The highest BCUT2D eigenvalue weighted by Crippen LogP contribution is 2.43. The van der Waals surface area contributed by atoms with E-state index in [1.165, 1.54) is 66.6 Å². The van der Waals surface area contributed by atoms with Crippen LogP contribution >= 0.6 is 11.6 Å². The molecule has 40 heavy (non-hydrogen) atoms. The van der Waals surface area contributed by atoms with Gasteiger partial charge in [-0.25, -0.2) is 0 Å². The van der Waals surface area contributed by atoms with Crippen molar-refractivity contribution in [2.24, 2.45) is 11.7 Å². The summed E-state index contributed by atoms with van der Waals surface area (Å²) in [7, 11) is 4.06. The van der Waals surface area contributed by atoms with Gasteiger partial charge in [0.25, 0.3) is 0 Å². The van der Waals surface area contributed by atoms with E-state index in [4.69, 9.17) is 22.1 Å². The number of ether oxygens (including phenoxy) is 1. The lowest BCUT2D eigenvalue weighted by molar-refractivity contribution is 0.112. The number of nitrogens with zero attached hydrogens (tertiary/aromatic N) is 1. The molecular weight excluding hydrogens is 516 g/mol. The molecular formula is C35H47ClN2O2. The summed E-state index contributed by atoms with van der Waals surface area (Å²) in [6, 6.07) is 22.9. The third-order valence-corrected chi connectivity index (χ3v) is 8.28. The van der Waals surface area contributed by atoms with E-state index in [0.717, 1.165) is 37.2 Å². The number of piperidine rings is 1. The molecule has 1 saturated heterocycles. The number of aldehydes is 1. The zero-order chi connectivity index (χ0) is 28.7. The number of aryl methyl sites for hydroxylation is 1. The van der Waals surface area contributed by atoms with Gasteiger partial charge < -0.3 is 15.4 Å². The van der Waals surface area contributed by atoms with E-state index in [1.54, 1.807) is 19.2 Å². The minimum absolute atomic E-state index is 0.536. The minimum atomic E-state index is 0.536. The smallest absolute Gasteiger partial charge is 0.150 e. The van der Waals surface area contributed by atoms with Crippen molar-refractivity contribution in [3.8, 4) is 11.1 Å². The van der Waals surface area contributed by atoms with Crippen LogP contribution in [0.4, 0.5) is 0 Å². The normalized spacial score (nSPS) is 16.2. The predicted octanol–water partition coefficient (Wildman–Crippen LogP) is 7.81. The number of nitrogens with two attached hydrogens (primary N) is 1. The Balaban J connectivity index is 0.000000336. The molecule has 0 radical (unpaired) electrons. The third kappa shape index (κ3) is 9.55. The lowest BCUT2D eigenvalue weighted by atomic mass is 9.76. The fourth-order valence-electron chi connectivity index (χ4n) is 5.82. The van der Waals surface area contributed by atoms with Crippen LogP contribution in [-0.2, 0) is 17.6 Å². The molecule has 1 heterocycles. The molecule has 216 valence electrons. The highest BCUT2D eigenvalue weighted by molar-refractivity contribution is 6.33. The Kier molecular flexibility index (Phi) is 13.9. The summed E-state index contributed by atoms with van der Waals surface area (Å²) in [6.07, 6.45) is 8.86. The number of carbonyl (C=O) groups is 1. The fourth-order valence-corrected chi connectivity index (χ4v) is 6.11. The molecule has 0 bridgehead atoms. The summed E-state index contributed by atoms with van der Waals surface area (Å²) in [5, 5.41) is 0.877. The Morgan fingerprint density at radius 1 is 1.07 bits per heavy atom. The maximum Gasteiger partial charge on any atom is 0.150 e. The van der Waals surface area contributed by atoms with Crippen LogP contribution in [0.2, 0.25) is 5.02 Å². The number of unbranched alkanes of at least 4 members (excludes halogenated alkanes) is 1. The van der Waals surface area contributed by atoms with Crippen molar-refractivity contribution in [2.75, 3.05) is 40.4 Å². The number of methoxy groups -OCH3 is 1. The number of hydrogen-bond acceptors (Lipinski definition) is 4. The maximum atomic E-state index is 10.3. The molecule has 0 aliphatic carbocycles. The van der Waals surface area contributed by atoms with Gasteiger partial charge in [0.2, 0.25) is 0 Å². The van der Waals surface area contributed by atoms with Crippen LogP contribution in [-0.4, -0.2) is 51.6 Å². The SMILES string of the molecule is CCc1cccc(-c2c(Cl)cccc2C(CCCCOC)C2CCCN(C)C2)c1.NCCc1ccc(C=O)cc1. The van der Waals surface area contributed by atoms with Crippen molar-refractivity contribution in [3.05, 3.63) is 94.0 Å². The monoisotopic (exact) mass is 562 g/mol.